The van der Waals surface area contributed by atoms with Crippen molar-refractivity contribution in [2.24, 2.45) is 4.99 Å². The standard InChI is InChI=1S/C16H27N3O2S2/c1-5-17-15(19-13-16(2,3)23(4,20)21)18-11-12-22-14-9-7-6-8-10-14/h6-10H,5,11-13H2,1-4H3,(H2,17,18,19). The molecule has 0 saturated carbocycles. The number of nitrogens with zero attached hydrogens (tertiary/aromatic N) is 1. The minimum Gasteiger partial charge on any atom is -0.357 e. The first-order chi connectivity index (χ1) is 10.8. The molecule has 1 aromatic carbocycles. The average Bonchev–Trinajstić information content (AvgIpc) is 2.49. The molecule has 0 radical (unpaired) electrons. The van der Waals surface area contributed by atoms with E-state index in [0.717, 1.165) is 18.8 Å². The minimum atomic E-state index is -3.14. The summed E-state index contributed by atoms with van der Waals surface area (Å²) in [6.45, 7) is 7.09. The van der Waals surface area contributed by atoms with E-state index in [0.29, 0.717) is 5.96 Å². The van der Waals surface area contributed by atoms with E-state index < -0.39 is 14.6 Å². The molecule has 0 bridgehead atoms. The van der Waals surface area contributed by atoms with E-state index >= 15 is 0 Å². The van der Waals surface area contributed by atoms with Gasteiger partial charge in [-0.25, -0.2) is 8.42 Å². The SMILES string of the molecule is CCNC(=NCC(C)(C)S(C)(=O)=O)NCCSc1ccccc1. The van der Waals surface area contributed by atoms with Crippen molar-refractivity contribution in [1.82, 2.24) is 10.6 Å². The van der Waals surface area contributed by atoms with Gasteiger partial charge in [-0.15, -0.1) is 11.8 Å². The summed E-state index contributed by atoms with van der Waals surface area (Å²) in [5, 5.41) is 6.38. The molecule has 2 N–H and O–H groups in total. The van der Waals surface area contributed by atoms with Crippen LogP contribution in [0.1, 0.15) is 20.8 Å². The number of hydrogen-bond donors (Lipinski definition) is 2. The molecule has 1 aromatic rings. The van der Waals surface area contributed by atoms with Gasteiger partial charge in [0, 0.05) is 30.0 Å². The Hall–Kier alpha value is -1.21. The Balaban J connectivity index is 2.50. The molecule has 0 fully saturated rings. The Morgan fingerprint density at radius 1 is 1.22 bits per heavy atom. The maximum absolute atomic E-state index is 11.7. The van der Waals surface area contributed by atoms with E-state index in [9.17, 15) is 8.42 Å². The van der Waals surface area contributed by atoms with E-state index in [-0.39, 0.29) is 6.54 Å². The molecule has 0 aliphatic rings. The molecule has 5 nitrogen and oxygen atoms in total. The second-order valence-electron chi connectivity index (χ2n) is 5.82. The summed E-state index contributed by atoms with van der Waals surface area (Å²) in [4.78, 5) is 5.63. The fourth-order valence-electron chi connectivity index (χ4n) is 1.58. The number of hydrogen-bond acceptors (Lipinski definition) is 4. The van der Waals surface area contributed by atoms with E-state index in [2.05, 4.69) is 27.8 Å². The zero-order valence-electron chi connectivity index (χ0n) is 14.3. The lowest BCUT2D eigenvalue weighted by molar-refractivity contribution is 0.554. The summed E-state index contributed by atoms with van der Waals surface area (Å²) >= 11 is 1.77. The van der Waals surface area contributed by atoms with Crippen molar-refractivity contribution >= 4 is 27.6 Å². The molecule has 0 heterocycles. The van der Waals surface area contributed by atoms with Crippen molar-refractivity contribution in [2.45, 2.75) is 30.4 Å². The van der Waals surface area contributed by atoms with Gasteiger partial charge in [0.1, 0.15) is 0 Å². The van der Waals surface area contributed by atoms with Gasteiger partial charge in [-0.3, -0.25) is 4.99 Å². The normalized spacial score (nSPS) is 13.0. The lowest BCUT2D eigenvalue weighted by Gasteiger charge is -2.21. The molecule has 23 heavy (non-hydrogen) atoms. The molecule has 0 amide bonds. The number of rotatable bonds is 8. The van der Waals surface area contributed by atoms with Crippen LogP contribution in [0.3, 0.4) is 0 Å². The lowest BCUT2D eigenvalue weighted by Crippen LogP contribution is -2.41. The monoisotopic (exact) mass is 357 g/mol. The highest BCUT2D eigenvalue weighted by Crippen LogP contribution is 2.16. The molecule has 7 heteroatoms. The molecule has 0 aromatic heterocycles. The molecule has 0 unspecified atom stereocenters. The van der Waals surface area contributed by atoms with Gasteiger partial charge in [-0.05, 0) is 32.9 Å². The fourth-order valence-corrected chi connectivity index (χ4v) is 2.67. The van der Waals surface area contributed by atoms with Crippen molar-refractivity contribution in [3.8, 4) is 0 Å². The molecular formula is C16H27N3O2S2. The van der Waals surface area contributed by atoms with Gasteiger partial charge in [0.15, 0.2) is 15.8 Å². The van der Waals surface area contributed by atoms with Gasteiger partial charge >= 0.3 is 0 Å². The van der Waals surface area contributed by atoms with Gasteiger partial charge in [0.2, 0.25) is 0 Å². The van der Waals surface area contributed by atoms with E-state index in [1.807, 2.05) is 25.1 Å². The topological polar surface area (TPSA) is 70.6 Å². The summed E-state index contributed by atoms with van der Waals surface area (Å²) in [6.07, 6.45) is 1.25. The summed E-state index contributed by atoms with van der Waals surface area (Å²) in [7, 11) is -3.14. The Labute approximate surface area is 144 Å². The number of sulfone groups is 1. The molecule has 0 aliphatic carbocycles. The molecular weight excluding hydrogens is 330 g/mol. The lowest BCUT2D eigenvalue weighted by atomic mass is 10.2. The van der Waals surface area contributed by atoms with Crippen LogP contribution in [0.4, 0.5) is 0 Å². The van der Waals surface area contributed by atoms with Crippen LogP contribution in [0.5, 0.6) is 0 Å². The molecule has 0 aliphatic heterocycles. The van der Waals surface area contributed by atoms with Gasteiger partial charge in [-0.1, -0.05) is 18.2 Å². The summed E-state index contributed by atoms with van der Waals surface area (Å²) in [6, 6.07) is 10.2. The number of aliphatic imine (C=N–C) groups is 1. The zero-order chi connectivity index (χ0) is 17.3. The summed E-state index contributed by atoms with van der Waals surface area (Å²) in [5.41, 5.74) is 0. The summed E-state index contributed by atoms with van der Waals surface area (Å²) in [5.74, 6) is 1.56. The number of nitrogens with one attached hydrogen (secondary N) is 2. The molecule has 0 atom stereocenters. The van der Waals surface area contributed by atoms with Crippen LogP contribution in [0.2, 0.25) is 0 Å². The maximum Gasteiger partial charge on any atom is 0.191 e. The largest absolute Gasteiger partial charge is 0.357 e. The van der Waals surface area contributed by atoms with Crippen LogP contribution in [0.15, 0.2) is 40.2 Å². The highest BCUT2D eigenvalue weighted by Gasteiger charge is 2.29. The smallest absolute Gasteiger partial charge is 0.191 e. The number of benzene rings is 1. The predicted molar refractivity (Wildman–Crippen MR) is 100 cm³/mol. The minimum absolute atomic E-state index is 0.229. The number of guanidine groups is 1. The summed E-state index contributed by atoms with van der Waals surface area (Å²) < 4.78 is 22.6. The fraction of sp³-hybridized carbons (Fsp3) is 0.562. The first kappa shape index (κ1) is 19.8. The predicted octanol–water partition coefficient (Wildman–Crippen LogP) is 2.16. The van der Waals surface area contributed by atoms with E-state index in [1.54, 1.807) is 25.6 Å². The van der Waals surface area contributed by atoms with Gasteiger partial charge in [0.05, 0.1) is 11.3 Å². The third kappa shape index (κ3) is 7.26. The van der Waals surface area contributed by atoms with Gasteiger partial charge < -0.3 is 10.6 Å². The van der Waals surface area contributed by atoms with Crippen molar-refractivity contribution in [3.05, 3.63) is 30.3 Å². The number of thioether (sulfide) groups is 1. The highest BCUT2D eigenvalue weighted by molar-refractivity contribution is 7.99. The highest BCUT2D eigenvalue weighted by atomic mass is 32.2. The molecule has 130 valence electrons. The third-order valence-electron chi connectivity index (χ3n) is 3.37. The van der Waals surface area contributed by atoms with Crippen molar-refractivity contribution < 1.29 is 8.42 Å². The van der Waals surface area contributed by atoms with Crippen molar-refractivity contribution in [3.63, 3.8) is 0 Å². The average molecular weight is 358 g/mol. The van der Waals surface area contributed by atoms with Crippen LogP contribution in [0.25, 0.3) is 0 Å². The third-order valence-corrected chi connectivity index (χ3v) is 6.52. The van der Waals surface area contributed by atoms with E-state index in [4.69, 9.17) is 0 Å². The molecule has 0 saturated heterocycles. The maximum atomic E-state index is 11.7. The van der Waals surface area contributed by atoms with Gasteiger partial charge in [-0.2, -0.15) is 0 Å². The van der Waals surface area contributed by atoms with Crippen LogP contribution in [0, 0.1) is 0 Å². The van der Waals surface area contributed by atoms with Crippen LogP contribution in [-0.2, 0) is 9.84 Å². The second kappa shape index (κ2) is 9.17. The Kier molecular flexibility index (Phi) is 7.91. The van der Waals surface area contributed by atoms with Gasteiger partial charge in [0.25, 0.3) is 0 Å². The zero-order valence-corrected chi connectivity index (χ0v) is 15.9. The first-order valence-electron chi connectivity index (χ1n) is 7.66. The molecule has 1 rings (SSSR count). The van der Waals surface area contributed by atoms with Crippen LogP contribution >= 0.6 is 11.8 Å². The Morgan fingerprint density at radius 3 is 2.43 bits per heavy atom. The van der Waals surface area contributed by atoms with Crippen LogP contribution < -0.4 is 10.6 Å². The molecule has 0 spiro atoms. The quantitative estimate of drug-likeness (QED) is 0.323. The van der Waals surface area contributed by atoms with E-state index in [1.165, 1.54) is 11.2 Å². The van der Waals surface area contributed by atoms with Crippen molar-refractivity contribution in [2.75, 3.05) is 31.6 Å². The first-order valence-corrected chi connectivity index (χ1v) is 10.5. The Morgan fingerprint density at radius 2 is 1.87 bits per heavy atom. The second-order valence-corrected chi connectivity index (χ2v) is 9.63. The Bertz CT molecular complexity index is 599. The van der Waals surface area contributed by atoms with Crippen molar-refractivity contribution in [1.29, 1.82) is 0 Å². The van der Waals surface area contributed by atoms with Crippen LogP contribution in [-0.4, -0.2) is 50.8 Å².